The van der Waals surface area contributed by atoms with E-state index in [1.165, 1.54) is 55.6 Å². The second-order valence-electron chi connectivity index (χ2n) is 14.6. The van der Waals surface area contributed by atoms with E-state index in [0.29, 0.717) is 0 Å². The van der Waals surface area contributed by atoms with E-state index in [9.17, 15) is 0 Å². The first-order valence-electron chi connectivity index (χ1n) is 16.3. The van der Waals surface area contributed by atoms with Crippen LogP contribution in [0.3, 0.4) is 0 Å². The molecule has 4 aliphatic heterocycles. The van der Waals surface area contributed by atoms with Gasteiger partial charge in [0.05, 0.1) is 0 Å². The Morgan fingerprint density at radius 1 is 0.318 bits per heavy atom. The van der Waals surface area contributed by atoms with Crippen LogP contribution >= 0.6 is 0 Å². The van der Waals surface area contributed by atoms with Crippen molar-refractivity contribution in [1.82, 2.24) is 21.3 Å². The Bertz CT molecular complexity index is 1290. The molecule has 4 heteroatoms. The smallest absolute Gasteiger partial charge is 0.0208 e. The van der Waals surface area contributed by atoms with Gasteiger partial charge in [-0.2, -0.15) is 0 Å². The Morgan fingerprint density at radius 2 is 0.523 bits per heavy atom. The number of benzene rings is 4. The molecule has 0 spiro atoms. The van der Waals surface area contributed by atoms with Crippen LogP contribution in [0.25, 0.3) is 0 Å². The monoisotopic (exact) mass is 588 g/mol. The van der Waals surface area contributed by atoms with Crippen molar-refractivity contribution >= 4 is 0 Å². The summed E-state index contributed by atoms with van der Waals surface area (Å²) >= 11 is 0. The van der Waals surface area contributed by atoms with Gasteiger partial charge in [0.1, 0.15) is 0 Å². The average Bonchev–Trinajstić information content (AvgIpc) is 2.97. The molecule has 4 aliphatic rings. The van der Waals surface area contributed by atoms with Gasteiger partial charge in [-0.3, -0.25) is 0 Å². The highest BCUT2D eigenvalue weighted by atomic mass is 14.9. The minimum absolute atomic E-state index is 0.107. The first-order chi connectivity index (χ1) is 21.0. The predicted octanol–water partition coefficient (Wildman–Crippen LogP) is 7.75. The first kappa shape index (κ1) is 32.1. The molecule has 4 aromatic rings. The van der Waals surface area contributed by atoms with E-state index >= 15 is 0 Å². The van der Waals surface area contributed by atoms with Crippen LogP contribution in [0.5, 0.6) is 0 Å². The van der Waals surface area contributed by atoms with Crippen LogP contribution < -0.4 is 21.3 Å². The highest BCUT2D eigenvalue weighted by Gasteiger charge is 2.17. The van der Waals surface area contributed by atoms with Gasteiger partial charge in [0.25, 0.3) is 0 Å². The molecule has 44 heavy (non-hydrogen) atoms. The normalized spacial score (nSPS) is 15.8. The molecule has 0 saturated heterocycles. The number of hydrogen-bond donors (Lipinski definition) is 4. The fraction of sp³-hybridized carbons (Fsp3) is 0.400. The van der Waals surface area contributed by atoms with Gasteiger partial charge >= 0.3 is 0 Å². The van der Waals surface area contributed by atoms with E-state index in [4.69, 9.17) is 0 Å². The van der Waals surface area contributed by atoms with Gasteiger partial charge in [0.15, 0.2) is 0 Å². The van der Waals surface area contributed by atoms with Crippen molar-refractivity contribution in [2.24, 2.45) is 0 Å². The zero-order valence-electron chi connectivity index (χ0n) is 27.7. The molecule has 8 rings (SSSR count). The summed E-state index contributed by atoms with van der Waals surface area (Å²) in [5.74, 6) is 0. The summed E-state index contributed by atoms with van der Waals surface area (Å²) in [7, 11) is 0. The minimum atomic E-state index is 0.107. The highest BCUT2D eigenvalue weighted by molar-refractivity contribution is 5.36. The van der Waals surface area contributed by atoms with Gasteiger partial charge in [-0.15, -0.1) is 0 Å². The van der Waals surface area contributed by atoms with Crippen LogP contribution in [0.4, 0.5) is 0 Å². The highest BCUT2D eigenvalue weighted by Crippen LogP contribution is 2.26. The summed E-state index contributed by atoms with van der Waals surface area (Å²) in [6, 6.07) is 32.2. The van der Waals surface area contributed by atoms with Gasteiger partial charge in [0.2, 0.25) is 0 Å². The molecular weight excluding hydrogens is 536 g/mol. The lowest BCUT2D eigenvalue weighted by molar-refractivity contribution is 0.584. The van der Waals surface area contributed by atoms with Gasteiger partial charge in [-0.1, -0.05) is 126 Å². The molecule has 0 aromatic heterocycles. The van der Waals surface area contributed by atoms with Gasteiger partial charge in [-0.25, -0.2) is 0 Å². The third-order valence-electron chi connectivity index (χ3n) is 8.52. The minimum Gasteiger partial charge on any atom is -0.309 e. The first-order valence-corrected chi connectivity index (χ1v) is 16.3. The molecule has 4 N–H and O–H groups in total. The Kier molecular flexibility index (Phi) is 10.4. The fourth-order valence-electron chi connectivity index (χ4n) is 5.75. The number of hydrogen-bond acceptors (Lipinski definition) is 4. The molecule has 0 amide bonds. The van der Waals surface area contributed by atoms with Crippen molar-refractivity contribution in [2.45, 2.75) is 105 Å². The molecule has 0 unspecified atom stereocenters. The summed E-state index contributed by atoms with van der Waals surface area (Å²) in [5, 5.41) is 14.8. The van der Waals surface area contributed by atoms with E-state index in [2.05, 4.69) is 148 Å². The van der Waals surface area contributed by atoms with Crippen molar-refractivity contribution < 1.29 is 0 Å². The topological polar surface area (TPSA) is 48.1 Å². The van der Waals surface area contributed by atoms with Crippen LogP contribution in [-0.4, -0.2) is 0 Å². The number of rotatable bonds is 0. The Labute approximate surface area is 266 Å². The maximum atomic E-state index is 3.69. The maximum Gasteiger partial charge on any atom is 0.0208 e. The van der Waals surface area contributed by atoms with Gasteiger partial charge in [0, 0.05) is 52.4 Å². The second-order valence-corrected chi connectivity index (χ2v) is 14.6. The molecule has 0 radical (unpaired) electrons. The molecule has 0 fully saturated rings. The lowest BCUT2D eigenvalue weighted by Crippen LogP contribution is -2.19. The maximum absolute atomic E-state index is 3.69. The van der Waals surface area contributed by atoms with Gasteiger partial charge in [-0.05, 0) is 66.5 Å². The Hall–Kier alpha value is -3.28. The summed E-state index contributed by atoms with van der Waals surface area (Å²) in [6.45, 7) is 20.6. The largest absolute Gasteiger partial charge is 0.309 e. The van der Waals surface area contributed by atoms with E-state index in [0.717, 1.165) is 52.4 Å². The van der Waals surface area contributed by atoms with Crippen molar-refractivity contribution in [3.8, 4) is 0 Å². The SMILES string of the molecule is CC(C)(C)c1cc2cc(c1)CNCc1ccc(cc1)CNCc1cc(cc(C(C)(C)C)c1)CNCc1ccc(cc1)CNC2. The van der Waals surface area contributed by atoms with E-state index in [1.807, 2.05) is 0 Å². The van der Waals surface area contributed by atoms with Crippen LogP contribution in [0, 0.1) is 0 Å². The van der Waals surface area contributed by atoms with Crippen molar-refractivity contribution in [3.63, 3.8) is 0 Å². The third-order valence-corrected chi connectivity index (χ3v) is 8.52. The zero-order chi connectivity index (χ0) is 31.2. The lowest BCUT2D eigenvalue weighted by Gasteiger charge is -2.22. The molecule has 0 atom stereocenters. The molecule has 0 saturated carbocycles. The second kappa shape index (κ2) is 14.2. The standard InChI is InChI=1S/C40H52N4/c1-39(2,3)37-17-33-15-34(18-37)26-42-22-30-9-13-32(14-10-30)24-44-28-36-16-35(19-38(20-36)40(4,5)6)27-43-23-31-11-7-29(8-12-31)21-41-25-33/h7-20,41-44H,21-28H2,1-6H3. The van der Waals surface area contributed by atoms with Crippen LogP contribution in [0.2, 0.25) is 0 Å². The molecule has 8 bridgehead atoms. The summed E-state index contributed by atoms with van der Waals surface area (Å²) in [6.07, 6.45) is 0. The Balaban J connectivity index is 1.35. The van der Waals surface area contributed by atoms with Crippen molar-refractivity contribution in [3.05, 3.63) is 141 Å². The van der Waals surface area contributed by atoms with Crippen molar-refractivity contribution in [1.29, 1.82) is 0 Å². The average molecular weight is 589 g/mol. The van der Waals surface area contributed by atoms with Crippen LogP contribution in [-0.2, 0) is 63.2 Å². The molecule has 0 aliphatic carbocycles. The van der Waals surface area contributed by atoms with Crippen LogP contribution in [0.15, 0.2) is 84.9 Å². The molecule has 4 nitrogen and oxygen atoms in total. The van der Waals surface area contributed by atoms with Crippen LogP contribution in [0.1, 0.15) is 97.2 Å². The molecule has 4 heterocycles. The van der Waals surface area contributed by atoms with E-state index in [1.54, 1.807) is 0 Å². The summed E-state index contributed by atoms with van der Waals surface area (Å²) < 4.78 is 0. The molecule has 232 valence electrons. The molecule has 4 aromatic carbocycles. The molecular formula is C40H52N4. The predicted molar refractivity (Wildman–Crippen MR) is 185 cm³/mol. The summed E-state index contributed by atoms with van der Waals surface area (Å²) in [5.41, 5.74) is 13.6. The fourth-order valence-corrected chi connectivity index (χ4v) is 5.75. The quantitative estimate of drug-likeness (QED) is 0.170. The number of nitrogens with one attached hydrogen (secondary N) is 4. The summed E-state index contributed by atoms with van der Waals surface area (Å²) in [4.78, 5) is 0. The van der Waals surface area contributed by atoms with Crippen molar-refractivity contribution in [2.75, 3.05) is 0 Å². The van der Waals surface area contributed by atoms with Gasteiger partial charge < -0.3 is 21.3 Å². The Morgan fingerprint density at radius 3 is 0.727 bits per heavy atom. The third kappa shape index (κ3) is 9.36. The van der Waals surface area contributed by atoms with E-state index < -0.39 is 0 Å². The zero-order valence-corrected chi connectivity index (χ0v) is 27.7. The van der Waals surface area contributed by atoms with E-state index in [-0.39, 0.29) is 10.8 Å². The lowest BCUT2D eigenvalue weighted by atomic mass is 9.85.